The van der Waals surface area contributed by atoms with Crippen molar-refractivity contribution in [3.8, 4) is 0 Å². The molecule has 0 radical (unpaired) electrons. The lowest BCUT2D eigenvalue weighted by Crippen LogP contribution is -2.59. The van der Waals surface area contributed by atoms with Gasteiger partial charge in [-0.15, -0.1) is 4.76 Å². The van der Waals surface area contributed by atoms with Crippen LogP contribution in [0.1, 0.15) is 53.9 Å². The first-order valence-electron chi connectivity index (χ1n) is 11.8. The van der Waals surface area contributed by atoms with E-state index in [-0.39, 0.29) is 41.3 Å². The standard InChI is InChI=1S/C23H34N5O6PS/c1-7-9-17-19(29)15-21(30)28(25-17,13-12-23(3,4)5)22-24-18-11-10-16(27-36(6,32)33)14-20(18)35(31,26-22)34-8-2/h10-11,14-15H,7-9,12-13H2,1-6H3,(H2-,24,25,26,27,29,30,31)/p+1. The molecule has 0 spiro atoms. The van der Waals surface area contributed by atoms with Crippen LogP contribution in [0.5, 0.6) is 0 Å². The molecule has 13 heteroatoms. The van der Waals surface area contributed by atoms with Crippen LogP contribution in [0.3, 0.4) is 0 Å². The van der Waals surface area contributed by atoms with Gasteiger partial charge in [0.25, 0.3) is 0 Å². The topological polar surface area (TPSA) is 147 Å². The Kier molecular flexibility index (Phi) is 7.86. The van der Waals surface area contributed by atoms with Crippen LogP contribution in [0, 0.1) is 5.41 Å². The van der Waals surface area contributed by atoms with E-state index >= 15 is 0 Å². The zero-order valence-corrected chi connectivity index (χ0v) is 23.2. The summed E-state index contributed by atoms with van der Waals surface area (Å²) in [4.78, 5) is 13.5. The summed E-state index contributed by atoms with van der Waals surface area (Å²) in [7, 11) is -7.50. The Balaban J connectivity index is 2.20. The number of aliphatic hydroxyl groups is 1. The number of fused-ring (bicyclic) bond motifs is 1. The highest BCUT2D eigenvalue weighted by molar-refractivity contribution is 7.92. The molecule has 2 aliphatic rings. The highest BCUT2D eigenvalue weighted by Crippen LogP contribution is 2.53. The first-order chi connectivity index (χ1) is 16.6. The molecule has 3 N–H and O–H groups in total. The Labute approximate surface area is 212 Å². The first-order valence-corrected chi connectivity index (χ1v) is 15.3. The van der Waals surface area contributed by atoms with Gasteiger partial charge >= 0.3 is 19.4 Å². The highest BCUT2D eigenvalue weighted by atomic mass is 32.2. The molecule has 36 heavy (non-hydrogen) atoms. The van der Waals surface area contributed by atoms with Crippen LogP contribution in [0.25, 0.3) is 0 Å². The van der Waals surface area contributed by atoms with Crippen LogP contribution in [-0.2, 0) is 23.9 Å². The maximum absolute atomic E-state index is 14.1. The quantitative estimate of drug-likeness (QED) is 0.332. The molecule has 2 atom stereocenters. The normalized spacial score (nSPS) is 24.3. The van der Waals surface area contributed by atoms with E-state index in [9.17, 15) is 22.9 Å². The van der Waals surface area contributed by atoms with Crippen LogP contribution in [0.15, 0.2) is 39.9 Å². The van der Waals surface area contributed by atoms with E-state index < -0.39 is 28.0 Å². The van der Waals surface area contributed by atoms with Crippen molar-refractivity contribution in [1.82, 2.24) is 0 Å². The van der Waals surface area contributed by atoms with E-state index in [0.717, 1.165) is 12.3 Å². The zero-order chi connectivity index (χ0) is 26.9. The van der Waals surface area contributed by atoms with Gasteiger partial charge in [0, 0.05) is 12.1 Å². The molecule has 2 aliphatic heterocycles. The number of carbonyl (C=O) groups is 1. The second-order valence-corrected chi connectivity index (χ2v) is 13.8. The summed E-state index contributed by atoms with van der Waals surface area (Å²) in [6, 6.07) is 4.48. The molecule has 0 aliphatic carbocycles. The summed E-state index contributed by atoms with van der Waals surface area (Å²) >= 11 is 0. The number of sulfonamides is 1. The molecule has 11 nitrogen and oxygen atoms in total. The van der Waals surface area contributed by atoms with Crippen molar-refractivity contribution in [2.24, 2.45) is 15.3 Å². The van der Waals surface area contributed by atoms with Gasteiger partial charge in [0.15, 0.2) is 5.76 Å². The second kappa shape index (κ2) is 10.1. The van der Waals surface area contributed by atoms with E-state index in [1.807, 2.05) is 27.7 Å². The molecule has 198 valence electrons. The smallest absolute Gasteiger partial charge is 0.376 e. The molecule has 2 heterocycles. The predicted molar refractivity (Wildman–Crippen MR) is 142 cm³/mol. The summed E-state index contributed by atoms with van der Waals surface area (Å²) in [5, 5.41) is 18.4. The number of rotatable bonds is 8. The van der Waals surface area contributed by atoms with Gasteiger partial charge in [0.1, 0.15) is 12.3 Å². The fourth-order valence-corrected chi connectivity index (χ4v) is 6.25. The Morgan fingerprint density at radius 3 is 2.53 bits per heavy atom. The van der Waals surface area contributed by atoms with Gasteiger partial charge in [-0.3, -0.25) is 14.6 Å². The van der Waals surface area contributed by atoms with E-state index in [1.54, 1.807) is 13.0 Å². The minimum absolute atomic E-state index is 0.0229. The first kappa shape index (κ1) is 28.0. The molecule has 0 saturated carbocycles. The Morgan fingerprint density at radius 1 is 1.25 bits per heavy atom. The third-order valence-electron chi connectivity index (χ3n) is 5.62. The molecule has 1 aromatic carbocycles. The average Bonchev–Trinajstić information content (AvgIpc) is 2.74. The third kappa shape index (κ3) is 6.05. The van der Waals surface area contributed by atoms with Crippen molar-refractivity contribution in [1.29, 1.82) is 0 Å². The number of allylic oxidation sites excluding steroid dienone is 1. The number of aliphatic hydroxyl groups excluding tert-OH is 1. The van der Waals surface area contributed by atoms with Crippen molar-refractivity contribution in [3.05, 3.63) is 30.0 Å². The summed E-state index contributed by atoms with van der Waals surface area (Å²) in [6.07, 6.45) is 3.87. The van der Waals surface area contributed by atoms with Crippen LogP contribution >= 0.6 is 7.52 Å². The monoisotopic (exact) mass is 540 g/mol. The summed E-state index contributed by atoms with van der Waals surface area (Å²) in [5.74, 6) is -0.688. The number of hydrogen-bond acceptors (Lipinski definition) is 8. The minimum atomic E-state index is -3.93. The molecule has 1 aromatic rings. The van der Waals surface area contributed by atoms with Crippen molar-refractivity contribution in [2.45, 2.75) is 53.9 Å². The fraction of sp³-hybridized carbons (Fsp3) is 0.522. The molecule has 2 unspecified atom stereocenters. The average molecular weight is 541 g/mol. The fourth-order valence-electron chi connectivity index (χ4n) is 3.86. The molecular formula is C23H35N5O6PS+. The molecule has 0 saturated heterocycles. The number of benzene rings is 1. The lowest BCUT2D eigenvalue weighted by atomic mass is 9.92. The summed E-state index contributed by atoms with van der Waals surface area (Å²) in [6.45, 7) is 9.99. The minimum Gasteiger partial charge on any atom is -0.505 e. The van der Waals surface area contributed by atoms with Gasteiger partial charge < -0.3 is 9.63 Å². The molecular weight excluding hydrogens is 505 g/mol. The molecule has 3 rings (SSSR count). The van der Waals surface area contributed by atoms with Gasteiger partial charge in [-0.1, -0.05) is 43.8 Å². The summed E-state index contributed by atoms with van der Waals surface area (Å²) < 4.78 is 49.4. The van der Waals surface area contributed by atoms with E-state index in [4.69, 9.17) is 4.52 Å². The SMILES string of the molecule is CCCC1=N[N+](CCC(C)(C)C)(C2=NP(=O)(OCC)c3cc(NS(C)(=O)=O)ccc3N2)C(=O)C=C1O. The number of nitrogens with one attached hydrogen (secondary N) is 2. The van der Waals surface area contributed by atoms with E-state index in [2.05, 4.69) is 19.9 Å². The highest BCUT2D eigenvalue weighted by Gasteiger charge is 2.51. The number of guanidine groups is 1. The number of quaternary nitrogens is 1. The Bertz CT molecular complexity index is 1300. The van der Waals surface area contributed by atoms with Gasteiger partial charge in [-0.25, -0.2) is 13.2 Å². The molecule has 0 fully saturated rings. The van der Waals surface area contributed by atoms with Gasteiger partial charge in [0.05, 0.1) is 29.9 Å². The Hall–Kier alpha value is -2.53. The van der Waals surface area contributed by atoms with Gasteiger partial charge in [-0.2, -0.15) is 0 Å². The lowest BCUT2D eigenvalue weighted by Gasteiger charge is -2.36. The van der Waals surface area contributed by atoms with Crippen molar-refractivity contribution < 1.29 is 32.0 Å². The molecule has 0 aromatic heterocycles. The van der Waals surface area contributed by atoms with E-state index in [0.29, 0.717) is 30.7 Å². The van der Waals surface area contributed by atoms with Crippen molar-refractivity contribution in [3.63, 3.8) is 0 Å². The van der Waals surface area contributed by atoms with E-state index in [1.165, 1.54) is 12.1 Å². The largest absolute Gasteiger partial charge is 0.505 e. The predicted octanol–water partition coefficient (Wildman–Crippen LogP) is 4.09. The lowest BCUT2D eigenvalue weighted by molar-refractivity contribution is -0.770. The number of nitrogens with zero attached hydrogens (tertiary/aromatic N) is 3. The zero-order valence-electron chi connectivity index (χ0n) is 21.5. The number of amides is 1. The van der Waals surface area contributed by atoms with Crippen LogP contribution in [-0.4, -0.2) is 55.1 Å². The third-order valence-corrected chi connectivity index (χ3v) is 8.26. The Morgan fingerprint density at radius 2 is 1.94 bits per heavy atom. The van der Waals surface area contributed by atoms with Crippen LogP contribution in [0.4, 0.5) is 11.4 Å². The number of carbonyl (C=O) groups excluding carboxylic acids is 1. The van der Waals surface area contributed by atoms with Crippen LogP contribution in [0.2, 0.25) is 0 Å². The number of anilines is 2. The summed E-state index contributed by atoms with van der Waals surface area (Å²) in [5.41, 5.74) is 0.777. The maximum atomic E-state index is 14.1. The van der Waals surface area contributed by atoms with Gasteiger partial charge in [0.2, 0.25) is 10.0 Å². The number of hydrogen-bond donors (Lipinski definition) is 3. The second-order valence-electron chi connectivity index (χ2n) is 10.1. The molecule has 0 bridgehead atoms. The van der Waals surface area contributed by atoms with Gasteiger partial charge in [-0.05, 0) is 37.0 Å². The maximum Gasteiger partial charge on any atom is 0.376 e. The van der Waals surface area contributed by atoms with Crippen molar-refractivity contribution in [2.75, 3.05) is 29.4 Å². The molecule has 1 amide bonds. The van der Waals surface area contributed by atoms with Crippen molar-refractivity contribution >= 4 is 51.8 Å². The van der Waals surface area contributed by atoms with Crippen LogP contribution < -0.4 is 15.3 Å².